The number of alkyl carbamates (subject to hydrolysis) is 1. The minimum Gasteiger partial charge on any atom is -0.444 e. The van der Waals surface area contributed by atoms with E-state index in [1.807, 2.05) is 20.8 Å². The number of ether oxygens (including phenoxy) is 1. The fourth-order valence-corrected chi connectivity index (χ4v) is 5.24. The van der Waals surface area contributed by atoms with Crippen molar-refractivity contribution in [2.45, 2.75) is 130 Å². The van der Waals surface area contributed by atoms with Crippen LogP contribution in [-0.4, -0.2) is 45.2 Å². The molecule has 1 fully saturated rings. The van der Waals surface area contributed by atoms with Crippen LogP contribution in [0.2, 0.25) is 18.1 Å². The van der Waals surface area contributed by atoms with Gasteiger partial charge in [-0.25, -0.2) is 4.79 Å². The molecular formula is C25H52N2O3Si. The van der Waals surface area contributed by atoms with Crippen molar-refractivity contribution >= 4 is 14.4 Å². The van der Waals surface area contributed by atoms with Gasteiger partial charge in [0.05, 0.1) is 12.1 Å². The molecule has 0 aromatic heterocycles. The van der Waals surface area contributed by atoms with Gasteiger partial charge in [0.25, 0.3) is 0 Å². The molecule has 1 amide bonds. The van der Waals surface area contributed by atoms with Crippen LogP contribution in [-0.2, 0) is 9.16 Å². The summed E-state index contributed by atoms with van der Waals surface area (Å²) in [6.07, 6.45) is 6.99. The molecule has 2 atom stereocenters. The fraction of sp³-hybridized carbons (Fsp3) is 0.960. The van der Waals surface area contributed by atoms with Crippen molar-refractivity contribution in [3.8, 4) is 0 Å². The first kappa shape index (κ1) is 28.4. The van der Waals surface area contributed by atoms with Gasteiger partial charge in [0, 0.05) is 6.54 Å². The van der Waals surface area contributed by atoms with Gasteiger partial charge in [0.1, 0.15) is 5.60 Å². The Bertz CT molecular complexity index is 532. The van der Waals surface area contributed by atoms with Gasteiger partial charge >= 0.3 is 6.09 Å². The van der Waals surface area contributed by atoms with Gasteiger partial charge in [-0.1, -0.05) is 66.7 Å². The van der Waals surface area contributed by atoms with E-state index in [-0.39, 0.29) is 23.3 Å². The lowest BCUT2D eigenvalue weighted by atomic mass is 9.83. The summed E-state index contributed by atoms with van der Waals surface area (Å²) in [6, 6.07) is -0.0493. The highest BCUT2D eigenvalue weighted by Crippen LogP contribution is 2.38. The van der Waals surface area contributed by atoms with E-state index in [1.165, 1.54) is 32.1 Å². The molecule has 0 bridgehead atoms. The molecule has 0 unspecified atom stereocenters. The van der Waals surface area contributed by atoms with Crippen molar-refractivity contribution < 1.29 is 14.0 Å². The lowest BCUT2D eigenvalue weighted by Gasteiger charge is -2.42. The van der Waals surface area contributed by atoms with Crippen molar-refractivity contribution in [2.24, 2.45) is 11.8 Å². The Kier molecular flexibility index (Phi) is 11.0. The Morgan fingerprint density at radius 3 is 2.06 bits per heavy atom. The quantitative estimate of drug-likeness (QED) is 0.369. The van der Waals surface area contributed by atoms with E-state index >= 15 is 0 Å². The SMILES string of the molecule is CC(C)CNC[C@@H](O[Si](C)(C)C(C)(C)C)[C@H](CC1CCCCC1)NC(=O)OC(C)(C)C. The number of carbonyl (C=O) groups excluding carboxylic acids is 1. The van der Waals surface area contributed by atoms with Crippen molar-refractivity contribution in [1.82, 2.24) is 10.6 Å². The zero-order chi connectivity index (χ0) is 23.9. The van der Waals surface area contributed by atoms with Crippen molar-refractivity contribution in [2.75, 3.05) is 13.1 Å². The van der Waals surface area contributed by atoms with E-state index in [2.05, 4.69) is 58.3 Å². The second-order valence-electron chi connectivity index (χ2n) is 12.5. The largest absolute Gasteiger partial charge is 0.444 e. The van der Waals surface area contributed by atoms with Crippen LogP contribution >= 0.6 is 0 Å². The zero-order valence-corrected chi connectivity index (χ0v) is 23.2. The van der Waals surface area contributed by atoms with Gasteiger partial charge in [-0.15, -0.1) is 0 Å². The highest BCUT2D eigenvalue weighted by Gasteiger charge is 2.41. The Labute approximate surface area is 193 Å². The standard InChI is InChI=1S/C25H52N2O3Si/c1-19(2)17-26-18-22(30-31(9,10)25(6,7)8)21(16-20-14-12-11-13-15-20)27-23(28)29-24(3,4)5/h19-22,26H,11-18H2,1-10H3,(H,27,28)/t21-,22+/m0/s1. The number of rotatable bonds is 10. The number of hydrogen-bond donors (Lipinski definition) is 2. The molecule has 1 rings (SSSR count). The van der Waals surface area contributed by atoms with Crippen molar-refractivity contribution in [3.05, 3.63) is 0 Å². The second kappa shape index (κ2) is 12.0. The summed E-state index contributed by atoms with van der Waals surface area (Å²) in [6.45, 7) is 23.3. The Hall–Kier alpha value is -0.593. The van der Waals surface area contributed by atoms with Crippen LogP contribution in [0.4, 0.5) is 4.79 Å². The third kappa shape index (κ3) is 11.2. The molecule has 5 nitrogen and oxygen atoms in total. The lowest BCUT2D eigenvalue weighted by Crippen LogP contribution is -2.56. The van der Waals surface area contributed by atoms with E-state index in [1.54, 1.807) is 0 Å². The molecule has 31 heavy (non-hydrogen) atoms. The lowest BCUT2D eigenvalue weighted by molar-refractivity contribution is 0.0405. The smallest absolute Gasteiger partial charge is 0.407 e. The van der Waals surface area contributed by atoms with E-state index in [9.17, 15) is 4.79 Å². The molecule has 0 radical (unpaired) electrons. The van der Waals surface area contributed by atoms with Gasteiger partial charge in [-0.05, 0) is 63.7 Å². The molecule has 0 aromatic rings. The fourth-order valence-electron chi connectivity index (χ4n) is 3.88. The average molecular weight is 457 g/mol. The van der Waals surface area contributed by atoms with Crippen LogP contribution in [0.1, 0.15) is 93.9 Å². The van der Waals surface area contributed by atoms with Gasteiger partial charge in [0.15, 0.2) is 8.32 Å². The van der Waals surface area contributed by atoms with Crippen LogP contribution in [0.5, 0.6) is 0 Å². The minimum absolute atomic E-state index is 0.0493. The molecule has 0 aromatic carbocycles. The maximum absolute atomic E-state index is 12.8. The Morgan fingerprint density at radius 2 is 1.58 bits per heavy atom. The maximum Gasteiger partial charge on any atom is 0.407 e. The highest BCUT2D eigenvalue weighted by molar-refractivity contribution is 6.74. The number of nitrogens with one attached hydrogen (secondary N) is 2. The molecular weight excluding hydrogens is 404 g/mol. The summed E-state index contributed by atoms with van der Waals surface area (Å²) in [5, 5.41) is 6.95. The first-order chi connectivity index (χ1) is 14.1. The van der Waals surface area contributed by atoms with Crippen LogP contribution in [0.3, 0.4) is 0 Å². The number of amides is 1. The van der Waals surface area contributed by atoms with E-state index in [0.29, 0.717) is 11.8 Å². The van der Waals surface area contributed by atoms with Crippen LogP contribution < -0.4 is 10.6 Å². The second-order valence-corrected chi connectivity index (χ2v) is 17.2. The molecule has 1 aliphatic carbocycles. The molecule has 0 spiro atoms. The summed E-state index contributed by atoms with van der Waals surface area (Å²) in [7, 11) is -2.00. The topological polar surface area (TPSA) is 59.6 Å². The first-order valence-corrected chi connectivity index (χ1v) is 15.4. The molecule has 2 N–H and O–H groups in total. The molecule has 1 saturated carbocycles. The van der Waals surface area contributed by atoms with E-state index in [0.717, 1.165) is 19.5 Å². The minimum atomic E-state index is -2.00. The first-order valence-electron chi connectivity index (χ1n) is 12.5. The van der Waals surface area contributed by atoms with Crippen LogP contribution in [0.15, 0.2) is 0 Å². The molecule has 0 saturated heterocycles. The normalized spacial score (nSPS) is 18.7. The van der Waals surface area contributed by atoms with E-state index < -0.39 is 13.9 Å². The summed E-state index contributed by atoms with van der Waals surface area (Å²) in [5.74, 6) is 1.22. The zero-order valence-electron chi connectivity index (χ0n) is 22.2. The summed E-state index contributed by atoms with van der Waals surface area (Å²) >= 11 is 0. The summed E-state index contributed by atoms with van der Waals surface area (Å²) in [4.78, 5) is 12.8. The van der Waals surface area contributed by atoms with Crippen molar-refractivity contribution in [1.29, 1.82) is 0 Å². The predicted molar refractivity (Wildman–Crippen MR) is 134 cm³/mol. The van der Waals surface area contributed by atoms with Crippen molar-refractivity contribution in [3.63, 3.8) is 0 Å². The van der Waals surface area contributed by atoms with Gasteiger partial charge in [0.2, 0.25) is 0 Å². The molecule has 0 aliphatic heterocycles. The van der Waals surface area contributed by atoms with Gasteiger partial charge in [-0.2, -0.15) is 0 Å². The third-order valence-electron chi connectivity index (χ3n) is 6.61. The number of hydrogen-bond acceptors (Lipinski definition) is 4. The average Bonchev–Trinajstić information content (AvgIpc) is 2.58. The van der Waals surface area contributed by atoms with Gasteiger partial charge < -0.3 is 19.8 Å². The summed E-state index contributed by atoms with van der Waals surface area (Å²) in [5.41, 5.74) is -0.509. The van der Waals surface area contributed by atoms with Gasteiger partial charge in [-0.3, -0.25) is 0 Å². The molecule has 0 heterocycles. The Morgan fingerprint density at radius 1 is 1.00 bits per heavy atom. The third-order valence-corrected chi connectivity index (χ3v) is 11.1. The van der Waals surface area contributed by atoms with Crippen LogP contribution in [0.25, 0.3) is 0 Å². The monoisotopic (exact) mass is 456 g/mol. The van der Waals surface area contributed by atoms with Crippen LogP contribution in [0, 0.1) is 11.8 Å². The molecule has 1 aliphatic rings. The predicted octanol–water partition coefficient (Wildman–Crippen LogP) is 6.49. The van der Waals surface area contributed by atoms with E-state index in [4.69, 9.17) is 9.16 Å². The molecule has 184 valence electrons. The Balaban J connectivity index is 3.07. The molecule has 6 heteroatoms. The maximum atomic E-state index is 12.8. The highest BCUT2D eigenvalue weighted by atomic mass is 28.4. The number of carbonyl (C=O) groups is 1. The summed E-state index contributed by atoms with van der Waals surface area (Å²) < 4.78 is 12.6.